The zero-order chi connectivity index (χ0) is 11.5. The average Bonchev–Trinajstić information content (AvgIpc) is 2.71. The quantitative estimate of drug-likeness (QED) is 0.878. The van der Waals surface area contributed by atoms with Crippen LogP contribution in [0.4, 0.5) is 0 Å². The fourth-order valence-corrected chi connectivity index (χ4v) is 1.84. The minimum atomic E-state index is 0.648. The van der Waals surface area contributed by atoms with E-state index in [1.807, 2.05) is 31.2 Å². The molecule has 2 rings (SSSR count). The van der Waals surface area contributed by atoms with Crippen molar-refractivity contribution in [3.05, 3.63) is 41.1 Å². The van der Waals surface area contributed by atoms with E-state index in [4.69, 9.17) is 21.8 Å². The van der Waals surface area contributed by atoms with Crippen LogP contribution in [0.5, 0.6) is 0 Å². The van der Waals surface area contributed by atoms with Gasteiger partial charge in [0.15, 0.2) is 5.58 Å². The molecule has 0 fully saturated rings. The highest BCUT2D eigenvalue weighted by atomic mass is 35.5. The Morgan fingerprint density at radius 2 is 2.31 bits per heavy atom. The second-order valence-corrected chi connectivity index (χ2v) is 4.14. The van der Waals surface area contributed by atoms with Gasteiger partial charge in [-0.2, -0.15) is 0 Å². The first-order valence-corrected chi connectivity index (χ1v) is 5.65. The molecule has 0 saturated heterocycles. The van der Waals surface area contributed by atoms with E-state index in [9.17, 15) is 0 Å². The number of rotatable bonds is 3. The van der Waals surface area contributed by atoms with Crippen molar-refractivity contribution in [3.63, 3.8) is 0 Å². The maximum Gasteiger partial charge on any atom is 0.153 e. The monoisotopic (exact) mass is 235 g/mol. The molecule has 3 heteroatoms. The predicted octanol–water partition coefficient (Wildman–Crippen LogP) is 3.84. The first-order chi connectivity index (χ1) is 7.72. The van der Waals surface area contributed by atoms with E-state index < -0.39 is 0 Å². The number of benzene rings is 1. The molecular formula is C13H14ClNO. The first kappa shape index (κ1) is 11.2. The molecule has 0 atom stereocenters. The van der Waals surface area contributed by atoms with Crippen molar-refractivity contribution in [1.82, 2.24) is 0 Å². The van der Waals surface area contributed by atoms with Crippen molar-refractivity contribution in [3.8, 4) is 0 Å². The number of nitrogens with two attached hydrogens (primary N) is 1. The third-order valence-electron chi connectivity index (χ3n) is 2.50. The molecule has 84 valence electrons. The number of hydrogen-bond donors (Lipinski definition) is 1. The molecule has 2 aromatic rings. The zero-order valence-corrected chi connectivity index (χ0v) is 9.92. The highest BCUT2D eigenvalue weighted by molar-refractivity contribution is 6.34. The number of fused-ring (bicyclic) bond motifs is 1. The van der Waals surface area contributed by atoms with Crippen LogP contribution < -0.4 is 5.73 Å². The molecule has 0 spiro atoms. The molecule has 1 heterocycles. The van der Waals surface area contributed by atoms with Gasteiger partial charge in [-0.05, 0) is 37.6 Å². The maximum absolute atomic E-state index is 6.05. The zero-order valence-electron chi connectivity index (χ0n) is 9.16. The summed E-state index contributed by atoms with van der Waals surface area (Å²) in [5.74, 6) is 0.858. The summed E-state index contributed by atoms with van der Waals surface area (Å²) in [6.07, 6.45) is 2.93. The van der Waals surface area contributed by atoms with Crippen LogP contribution in [-0.4, -0.2) is 6.54 Å². The van der Waals surface area contributed by atoms with Crippen LogP contribution in [0.3, 0.4) is 0 Å². The molecule has 0 aliphatic rings. The minimum absolute atomic E-state index is 0.648. The summed E-state index contributed by atoms with van der Waals surface area (Å²) in [6.45, 7) is 2.67. The lowest BCUT2D eigenvalue weighted by atomic mass is 10.2. The number of furan rings is 1. The maximum atomic E-state index is 6.05. The Kier molecular flexibility index (Phi) is 3.32. The molecule has 0 unspecified atom stereocenters. The van der Waals surface area contributed by atoms with Crippen LogP contribution in [-0.2, 0) is 0 Å². The molecule has 0 aliphatic heterocycles. The Hall–Kier alpha value is -1.25. The Morgan fingerprint density at radius 1 is 1.50 bits per heavy atom. The summed E-state index contributed by atoms with van der Waals surface area (Å²) < 4.78 is 5.72. The van der Waals surface area contributed by atoms with Gasteiger partial charge >= 0.3 is 0 Å². The smallest absolute Gasteiger partial charge is 0.153 e. The van der Waals surface area contributed by atoms with Crippen LogP contribution in [0.25, 0.3) is 16.5 Å². The standard InChI is InChI=1S/C13H14ClNO/c1-9(4-3-7-15)12-8-10-5-2-6-11(14)13(10)16-12/h2,4-6,8H,3,7,15H2,1H3/b9-4-. The molecule has 2 N–H and O–H groups in total. The van der Waals surface area contributed by atoms with Crippen molar-refractivity contribution < 1.29 is 4.42 Å². The van der Waals surface area contributed by atoms with Gasteiger partial charge in [0, 0.05) is 5.39 Å². The molecule has 0 amide bonds. The van der Waals surface area contributed by atoms with Crippen molar-refractivity contribution in [1.29, 1.82) is 0 Å². The van der Waals surface area contributed by atoms with Gasteiger partial charge in [-0.15, -0.1) is 0 Å². The number of halogens is 1. The lowest BCUT2D eigenvalue weighted by molar-refractivity contribution is 0.599. The molecule has 2 nitrogen and oxygen atoms in total. The molecular weight excluding hydrogens is 222 g/mol. The fourth-order valence-electron chi connectivity index (χ4n) is 1.62. The van der Waals surface area contributed by atoms with E-state index in [1.54, 1.807) is 0 Å². The van der Waals surface area contributed by atoms with Gasteiger partial charge in [-0.1, -0.05) is 29.8 Å². The van der Waals surface area contributed by atoms with Crippen molar-refractivity contribution in [2.75, 3.05) is 6.54 Å². The van der Waals surface area contributed by atoms with Crippen LogP contribution in [0.15, 0.2) is 34.8 Å². The van der Waals surface area contributed by atoms with Crippen molar-refractivity contribution in [2.45, 2.75) is 13.3 Å². The van der Waals surface area contributed by atoms with E-state index >= 15 is 0 Å². The van der Waals surface area contributed by atoms with Crippen LogP contribution >= 0.6 is 11.6 Å². The summed E-state index contributed by atoms with van der Waals surface area (Å²) in [5, 5.41) is 1.68. The van der Waals surface area contributed by atoms with E-state index in [-0.39, 0.29) is 0 Å². The van der Waals surface area contributed by atoms with Gasteiger partial charge in [-0.3, -0.25) is 0 Å². The second kappa shape index (κ2) is 4.73. The lowest BCUT2D eigenvalue weighted by Gasteiger charge is -1.95. The Morgan fingerprint density at radius 3 is 3.00 bits per heavy atom. The summed E-state index contributed by atoms with van der Waals surface area (Å²) >= 11 is 6.05. The average molecular weight is 236 g/mol. The topological polar surface area (TPSA) is 39.2 Å². The van der Waals surface area contributed by atoms with Crippen LogP contribution in [0, 0.1) is 0 Å². The van der Waals surface area contributed by atoms with Gasteiger partial charge in [0.1, 0.15) is 5.76 Å². The summed E-state index contributed by atoms with van der Waals surface area (Å²) in [4.78, 5) is 0. The molecule has 16 heavy (non-hydrogen) atoms. The Bertz CT molecular complexity index is 528. The van der Waals surface area contributed by atoms with Crippen molar-refractivity contribution >= 4 is 28.1 Å². The van der Waals surface area contributed by atoms with Crippen molar-refractivity contribution in [2.24, 2.45) is 5.73 Å². The first-order valence-electron chi connectivity index (χ1n) is 5.27. The Balaban J connectivity index is 2.43. The van der Waals surface area contributed by atoms with Gasteiger partial charge in [0.2, 0.25) is 0 Å². The number of allylic oxidation sites excluding steroid dienone is 1. The summed E-state index contributed by atoms with van der Waals surface area (Å²) in [7, 11) is 0. The molecule has 0 bridgehead atoms. The van der Waals surface area contributed by atoms with Crippen LogP contribution in [0.1, 0.15) is 19.1 Å². The molecule has 0 radical (unpaired) electrons. The summed E-state index contributed by atoms with van der Waals surface area (Å²) in [5.41, 5.74) is 7.30. The van der Waals surface area contributed by atoms with E-state index in [2.05, 4.69) is 6.08 Å². The third-order valence-corrected chi connectivity index (χ3v) is 2.80. The molecule has 1 aromatic heterocycles. The SMILES string of the molecule is C/C(=C/CCN)c1cc2cccc(Cl)c2o1. The van der Waals surface area contributed by atoms with Gasteiger partial charge in [0.05, 0.1) is 5.02 Å². The Labute approximate surface area is 99.7 Å². The second-order valence-electron chi connectivity index (χ2n) is 3.73. The largest absolute Gasteiger partial charge is 0.455 e. The fraction of sp³-hybridized carbons (Fsp3) is 0.231. The highest BCUT2D eigenvalue weighted by Crippen LogP contribution is 2.29. The number of hydrogen-bond acceptors (Lipinski definition) is 2. The third kappa shape index (κ3) is 2.13. The van der Waals surface area contributed by atoms with Gasteiger partial charge < -0.3 is 10.2 Å². The van der Waals surface area contributed by atoms with Gasteiger partial charge in [0.25, 0.3) is 0 Å². The number of para-hydroxylation sites is 1. The normalized spacial score (nSPS) is 12.3. The molecule has 1 aromatic carbocycles. The van der Waals surface area contributed by atoms with E-state index in [0.717, 1.165) is 28.7 Å². The van der Waals surface area contributed by atoms with Gasteiger partial charge in [-0.25, -0.2) is 0 Å². The van der Waals surface area contributed by atoms with E-state index in [0.29, 0.717) is 11.6 Å². The molecule has 0 aliphatic carbocycles. The minimum Gasteiger partial charge on any atom is -0.455 e. The van der Waals surface area contributed by atoms with E-state index in [1.165, 1.54) is 0 Å². The highest BCUT2D eigenvalue weighted by Gasteiger charge is 2.07. The molecule has 0 saturated carbocycles. The summed E-state index contributed by atoms with van der Waals surface area (Å²) in [6, 6.07) is 7.74. The predicted molar refractivity (Wildman–Crippen MR) is 68.5 cm³/mol. The lowest BCUT2D eigenvalue weighted by Crippen LogP contribution is -1.95. The van der Waals surface area contributed by atoms with Crippen LogP contribution in [0.2, 0.25) is 5.02 Å².